The van der Waals surface area contributed by atoms with Crippen molar-refractivity contribution >= 4 is 23.4 Å². The SMILES string of the molecule is Cc1c(C(=O)Nc2cc(F)ccc2NC(=O)OC(C)(C)C)cnn1-c1ccc(C(F)(F)F)cn1. The molecule has 0 aliphatic heterocycles. The minimum atomic E-state index is -4.54. The van der Waals surface area contributed by atoms with Crippen LogP contribution in [-0.2, 0) is 10.9 Å². The van der Waals surface area contributed by atoms with E-state index in [-0.39, 0.29) is 28.5 Å². The molecule has 0 fully saturated rings. The van der Waals surface area contributed by atoms with Crippen molar-refractivity contribution in [1.82, 2.24) is 14.8 Å². The summed E-state index contributed by atoms with van der Waals surface area (Å²) < 4.78 is 58.5. The second kappa shape index (κ2) is 9.12. The number of halogens is 4. The van der Waals surface area contributed by atoms with Crippen LogP contribution in [0.3, 0.4) is 0 Å². The maximum Gasteiger partial charge on any atom is 0.417 e. The fourth-order valence-electron chi connectivity index (χ4n) is 2.87. The van der Waals surface area contributed by atoms with Crippen molar-refractivity contribution in [1.29, 1.82) is 0 Å². The van der Waals surface area contributed by atoms with Crippen LogP contribution in [0.4, 0.5) is 33.7 Å². The summed E-state index contributed by atoms with van der Waals surface area (Å²) in [6, 6.07) is 5.35. The first-order chi connectivity index (χ1) is 15.7. The van der Waals surface area contributed by atoms with E-state index in [1.54, 1.807) is 20.8 Å². The van der Waals surface area contributed by atoms with E-state index in [1.807, 2.05) is 0 Å². The first-order valence-corrected chi connectivity index (χ1v) is 9.94. The highest BCUT2D eigenvalue weighted by molar-refractivity contribution is 6.07. The molecule has 180 valence electrons. The van der Waals surface area contributed by atoms with Gasteiger partial charge in [-0.15, -0.1) is 0 Å². The van der Waals surface area contributed by atoms with E-state index >= 15 is 0 Å². The van der Waals surface area contributed by atoms with Crippen LogP contribution in [0.5, 0.6) is 0 Å². The number of alkyl halides is 3. The number of nitrogens with one attached hydrogen (secondary N) is 2. The van der Waals surface area contributed by atoms with E-state index in [4.69, 9.17) is 4.74 Å². The molecule has 8 nitrogen and oxygen atoms in total. The second-order valence-corrected chi connectivity index (χ2v) is 8.23. The van der Waals surface area contributed by atoms with E-state index in [2.05, 4.69) is 20.7 Å². The Bertz CT molecular complexity index is 1210. The number of hydrogen-bond donors (Lipinski definition) is 2. The first-order valence-electron chi connectivity index (χ1n) is 9.94. The number of anilines is 2. The van der Waals surface area contributed by atoms with Crippen molar-refractivity contribution in [3.8, 4) is 5.82 Å². The van der Waals surface area contributed by atoms with Gasteiger partial charge in [-0.3, -0.25) is 10.1 Å². The molecule has 0 aliphatic carbocycles. The number of pyridine rings is 1. The molecular weight excluding hydrogens is 458 g/mol. The largest absolute Gasteiger partial charge is 0.444 e. The van der Waals surface area contributed by atoms with Crippen LogP contribution in [-0.4, -0.2) is 32.4 Å². The molecular formula is C22H21F4N5O3. The zero-order chi connectivity index (χ0) is 25.3. The van der Waals surface area contributed by atoms with Crippen molar-refractivity contribution in [2.75, 3.05) is 10.6 Å². The zero-order valence-corrected chi connectivity index (χ0v) is 18.6. The predicted molar refractivity (Wildman–Crippen MR) is 115 cm³/mol. The van der Waals surface area contributed by atoms with Gasteiger partial charge in [-0.2, -0.15) is 18.3 Å². The molecule has 3 aromatic rings. The summed E-state index contributed by atoms with van der Waals surface area (Å²) in [6.07, 6.45) is -3.47. The first kappa shape index (κ1) is 24.7. The number of rotatable bonds is 4. The summed E-state index contributed by atoms with van der Waals surface area (Å²) in [4.78, 5) is 28.7. The Morgan fingerprint density at radius 3 is 2.29 bits per heavy atom. The molecule has 0 aliphatic rings. The fraction of sp³-hybridized carbons (Fsp3) is 0.273. The number of amides is 2. The summed E-state index contributed by atoms with van der Waals surface area (Å²) >= 11 is 0. The topological polar surface area (TPSA) is 98.1 Å². The Morgan fingerprint density at radius 2 is 1.71 bits per heavy atom. The Balaban J connectivity index is 1.82. The Labute approximate surface area is 191 Å². The van der Waals surface area contributed by atoms with E-state index in [0.717, 1.165) is 24.3 Å². The third-order valence-corrected chi connectivity index (χ3v) is 4.41. The van der Waals surface area contributed by atoms with Gasteiger partial charge in [0.15, 0.2) is 5.82 Å². The molecule has 2 amide bonds. The fourth-order valence-corrected chi connectivity index (χ4v) is 2.87. The van der Waals surface area contributed by atoms with Crippen LogP contribution in [0.25, 0.3) is 5.82 Å². The molecule has 1 aromatic carbocycles. The van der Waals surface area contributed by atoms with Crippen LogP contribution >= 0.6 is 0 Å². The van der Waals surface area contributed by atoms with Gasteiger partial charge in [0.25, 0.3) is 5.91 Å². The van der Waals surface area contributed by atoms with E-state index < -0.39 is 35.2 Å². The number of benzene rings is 1. The van der Waals surface area contributed by atoms with Crippen molar-refractivity contribution in [2.45, 2.75) is 39.5 Å². The molecule has 2 N–H and O–H groups in total. The van der Waals surface area contributed by atoms with Gasteiger partial charge in [0.1, 0.15) is 11.4 Å². The van der Waals surface area contributed by atoms with Crippen molar-refractivity contribution in [3.63, 3.8) is 0 Å². The average molecular weight is 479 g/mol. The van der Waals surface area contributed by atoms with Gasteiger partial charge in [-0.1, -0.05) is 0 Å². The smallest absolute Gasteiger partial charge is 0.417 e. The van der Waals surface area contributed by atoms with E-state index in [0.29, 0.717) is 6.20 Å². The molecule has 0 bridgehead atoms. The Kier molecular flexibility index (Phi) is 6.62. The van der Waals surface area contributed by atoms with Gasteiger partial charge in [0, 0.05) is 6.20 Å². The maximum atomic E-state index is 13.8. The lowest BCUT2D eigenvalue weighted by Gasteiger charge is -2.20. The van der Waals surface area contributed by atoms with Crippen molar-refractivity contribution < 1.29 is 31.9 Å². The highest BCUT2D eigenvalue weighted by Gasteiger charge is 2.31. The minimum Gasteiger partial charge on any atom is -0.444 e. The Hall–Kier alpha value is -3.96. The van der Waals surface area contributed by atoms with Gasteiger partial charge < -0.3 is 10.1 Å². The average Bonchev–Trinajstić information content (AvgIpc) is 3.09. The lowest BCUT2D eigenvalue weighted by Crippen LogP contribution is -2.27. The molecule has 34 heavy (non-hydrogen) atoms. The van der Waals surface area contributed by atoms with Crippen LogP contribution in [0, 0.1) is 12.7 Å². The number of ether oxygens (including phenoxy) is 1. The van der Waals surface area contributed by atoms with Crippen LogP contribution in [0.1, 0.15) is 42.4 Å². The molecule has 0 unspecified atom stereocenters. The summed E-state index contributed by atoms with van der Waals surface area (Å²) in [5, 5.41) is 8.97. The number of carbonyl (C=O) groups excluding carboxylic acids is 2. The van der Waals surface area contributed by atoms with Gasteiger partial charge in [-0.25, -0.2) is 18.9 Å². The standard InChI is InChI=1S/C22H21F4N5O3/c1-12-15(11-28-31(12)18-8-5-13(10-27-18)22(24,25)26)19(32)29-17-9-14(23)6-7-16(17)30-20(33)34-21(2,3)4/h5-11H,1-4H3,(H,29,32)(H,30,33). The normalized spacial score (nSPS) is 11.8. The number of nitrogens with zero attached hydrogens (tertiary/aromatic N) is 3. The highest BCUT2D eigenvalue weighted by Crippen LogP contribution is 2.29. The molecule has 2 heterocycles. The molecule has 0 radical (unpaired) electrons. The van der Waals surface area contributed by atoms with E-state index in [1.165, 1.54) is 23.9 Å². The number of carbonyl (C=O) groups is 2. The van der Waals surface area contributed by atoms with Crippen LogP contribution < -0.4 is 10.6 Å². The molecule has 2 aromatic heterocycles. The lowest BCUT2D eigenvalue weighted by molar-refractivity contribution is -0.137. The quantitative estimate of drug-likeness (QED) is 0.493. The van der Waals surface area contributed by atoms with Gasteiger partial charge >= 0.3 is 12.3 Å². The summed E-state index contributed by atoms with van der Waals surface area (Å²) in [5.41, 5.74) is -1.28. The zero-order valence-electron chi connectivity index (χ0n) is 18.6. The molecule has 3 rings (SSSR count). The minimum absolute atomic E-state index is 0.0318. The molecule has 0 spiro atoms. The van der Waals surface area contributed by atoms with Crippen molar-refractivity contribution in [2.24, 2.45) is 0 Å². The predicted octanol–water partition coefficient (Wildman–Crippen LogP) is 5.33. The number of aromatic nitrogens is 3. The van der Waals surface area contributed by atoms with Gasteiger partial charge in [0.05, 0.1) is 34.4 Å². The number of hydrogen-bond acceptors (Lipinski definition) is 5. The molecule has 0 atom stereocenters. The second-order valence-electron chi connectivity index (χ2n) is 8.23. The maximum absolute atomic E-state index is 13.8. The summed E-state index contributed by atoms with van der Waals surface area (Å²) in [7, 11) is 0. The molecule has 12 heteroatoms. The lowest BCUT2D eigenvalue weighted by atomic mass is 10.2. The highest BCUT2D eigenvalue weighted by atomic mass is 19.4. The van der Waals surface area contributed by atoms with Crippen LogP contribution in [0.2, 0.25) is 0 Å². The van der Waals surface area contributed by atoms with Crippen LogP contribution in [0.15, 0.2) is 42.7 Å². The van der Waals surface area contributed by atoms with Gasteiger partial charge in [0.2, 0.25) is 0 Å². The summed E-state index contributed by atoms with van der Waals surface area (Å²) in [5.74, 6) is -1.28. The van der Waals surface area contributed by atoms with E-state index in [9.17, 15) is 27.2 Å². The van der Waals surface area contributed by atoms with Crippen molar-refractivity contribution in [3.05, 3.63) is 65.4 Å². The Morgan fingerprint density at radius 1 is 1.00 bits per heavy atom. The monoisotopic (exact) mass is 479 g/mol. The third kappa shape index (κ3) is 5.88. The third-order valence-electron chi connectivity index (χ3n) is 4.41. The molecule has 0 saturated heterocycles. The molecule has 0 saturated carbocycles. The summed E-state index contributed by atoms with van der Waals surface area (Å²) in [6.45, 7) is 6.54. The van der Waals surface area contributed by atoms with Gasteiger partial charge in [-0.05, 0) is 58.0 Å².